The van der Waals surface area contributed by atoms with Crippen LogP contribution >= 0.6 is 15.9 Å². The van der Waals surface area contributed by atoms with E-state index in [1.165, 1.54) is 26.2 Å². The van der Waals surface area contributed by atoms with Crippen LogP contribution in [0.25, 0.3) is 0 Å². The predicted octanol–water partition coefficient (Wildman–Crippen LogP) is 2.35. The minimum absolute atomic E-state index is 0.0387. The molecule has 1 unspecified atom stereocenters. The van der Waals surface area contributed by atoms with Crippen LogP contribution in [0.4, 0.5) is 5.69 Å². The number of hydrogen-bond acceptors (Lipinski definition) is 6. The lowest BCUT2D eigenvalue weighted by molar-refractivity contribution is -0.386. The quantitative estimate of drug-likeness (QED) is 0.481. The van der Waals surface area contributed by atoms with Crippen molar-refractivity contribution in [3.05, 3.63) is 32.3 Å². The van der Waals surface area contributed by atoms with Crippen molar-refractivity contribution in [2.75, 3.05) is 13.7 Å². The van der Waals surface area contributed by atoms with Gasteiger partial charge in [0.25, 0.3) is 0 Å². The summed E-state index contributed by atoms with van der Waals surface area (Å²) in [6.07, 6.45) is -0.984. The Bertz CT molecular complexity index is 517. The van der Waals surface area contributed by atoms with E-state index >= 15 is 0 Å². The van der Waals surface area contributed by atoms with Gasteiger partial charge in [0.2, 0.25) is 5.75 Å². The van der Waals surface area contributed by atoms with E-state index in [2.05, 4.69) is 20.7 Å². The third-order valence-corrected chi connectivity index (χ3v) is 2.95. The molecule has 0 amide bonds. The number of nitro groups is 1. The summed E-state index contributed by atoms with van der Waals surface area (Å²) < 4.78 is 10.2. The first-order chi connectivity index (χ1) is 9.36. The molecular formula is C12H14BrNO6. The maximum absolute atomic E-state index is 11.0. The van der Waals surface area contributed by atoms with Crippen LogP contribution in [-0.4, -0.2) is 29.7 Å². The number of rotatable bonds is 6. The Hall–Kier alpha value is -1.67. The molecule has 0 aliphatic rings. The zero-order valence-electron chi connectivity index (χ0n) is 11.0. The zero-order valence-corrected chi connectivity index (χ0v) is 12.5. The van der Waals surface area contributed by atoms with Gasteiger partial charge in [0.05, 0.1) is 31.2 Å². The third-order valence-electron chi connectivity index (χ3n) is 2.49. The molecule has 0 radical (unpaired) electrons. The number of aliphatic hydroxyl groups is 1. The van der Waals surface area contributed by atoms with Gasteiger partial charge in [0.15, 0.2) is 0 Å². The fourth-order valence-electron chi connectivity index (χ4n) is 1.54. The van der Waals surface area contributed by atoms with Gasteiger partial charge in [0, 0.05) is 16.1 Å². The summed E-state index contributed by atoms with van der Waals surface area (Å²) >= 11 is 3.14. The minimum Gasteiger partial charge on any atom is -0.486 e. The topological polar surface area (TPSA) is 98.9 Å². The second-order valence-electron chi connectivity index (χ2n) is 3.95. The highest BCUT2D eigenvalue weighted by atomic mass is 79.9. The van der Waals surface area contributed by atoms with Crippen molar-refractivity contribution in [1.29, 1.82) is 0 Å². The maximum atomic E-state index is 11.0. The number of hydrogen-bond donors (Lipinski definition) is 1. The lowest BCUT2D eigenvalue weighted by atomic mass is 10.1. The average Bonchev–Trinajstić information content (AvgIpc) is 2.38. The number of aliphatic hydroxyl groups excluding tert-OH is 1. The van der Waals surface area contributed by atoms with Crippen molar-refractivity contribution in [2.24, 2.45) is 0 Å². The van der Waals surface area contributed by atoms with Gasteiger partial charge in [0.1, 0.15) is 0 Å². The maximum Gasteiger partial charge on any atom is 0.312 e. The smallest absolute Gasteiger partial charge is 0.312 e. The number of nitro benzene ring substituents is 1. The highest BCUT2D eigenvalue weighted by Gasteiger charge is 2.23. The first-order valence-corrected chi connectivity index (χ1v) is 6.51. The Morgan fingerprint density at radius 1 is 1.55 bits per heavy atom. The molecule has 1 aromatic rings. The van der Waals surface area contributed by atoms with Gasteiger partial charge < -0.3 is 14.6 Å². The van der Waals surface area contributed by atoms with E-state index in [0.717, 1.165) is 0 Å². The van der Waals surface area contributed by atoms with Crippen LogP contribution in [0.2, 0.25) is 0 Å². The molecule has 1 atom stereocenters. The van der Waals surface area contributed by atoms with E-state index in [1.54, 1.807) is 0 Å². The molecule has 0 heterocycles. The molecule has 0 bridgehead atoms. The van der Waals surface area contributed by atoms with E-state index in [4.69, 9.17) is 4.74 Å². The van der Waals surface area contributed by atoms with Gasteiger partial charge in [-0.15, -0.1) is 0 Å². The molecule has 0 spiro atoms. The van der Waals surface area contributed by atoms with Crippen LogP contribution in [0.3, 0.4) is 0 Å². The van der Waals surface area contributed by atoms with Gasteiger partial charge in [-0.25, -0.2) is 0 Å². The van der Waals surface area contributed by atoms with Gasteiger partial charge in [-0.2, -0.15) is 0 Å². The largest absolute Gasteiger partial charge is 0.486 e. The molecule has 1 N–H and O–H groups in total. The van der Waals surface area contributed by atoms with E-state index in [9.17, 15) is 20.0 Å². The Labute approximate surface area is 123 Å². The SMILES string of the molecule is COC(=O)CCOc1c(C(C)O)cc(Br)cc1[N+](=O)[O-]. The summed E-state index contributed by atoms with van der Waals surface area (Å²) in [5.74, 6) is -0.527. The van der Waals surface area contributed by atoms with Crippen molar-refractivity contribution in [3.63, 3.8) is 0 Å². The monoisotopic (exact) mass is 347 g/mol. The molecule has 0 aromatic heterocycles. The van der Waals surface area contributed by atoms with E-state index in [1.807, 2.05) is 0 Å². The molecule has 7 nitrogen and oxygen atoms in total. The van der Waals surface area contributed by atoms with E-state index in [0.29, 0.717) is 4.47 Å². The summed E-state index contributed by atoms with van der Waals surface area (Å²) in [4.78, 5) is 21.4. The number of methoxy groups -OCH3 is 1. The summed E-state index contributed by atoms with van der Waals surface area (Å²) in [6, 6.07) is 2.81. The minimum atomic E-state index is -0.945. The van der Waals surface area contributed by atoms with Crippen LogP contribution in [-0.2, 0) is 9.53 Å². The lowest BCUT2D eigenvalue weighted by Crippen LogP contribution is -2.10. The summed E-state index contributed by atoms with van der Waals surface area (Å²) in [5, 5.41) is 20.7. The molecule has 0 aliphatic carbocycles. The Kier molecular flexibility index (Phi) is 5.90. The van der Waals surface area contributed by atoms with E-state index < -0.39 is 17.0 Å². The van der Waals surface area contributed by atoms with Crippen LogP contribution in [0.5, 0.6) is 5.75 Å². The van der Waals surface area contributed by atoms with Gasteiger partial charge >= 0.3 is 11.7 Å². The number of benzene rings is 1. The van der Waals surface area contributed by atoms with Crippen molar-refractivity contribution in [2.45, 2.75) is 19.4 Å². The molecule has 20 heavy (non-hydrogen) atoms. The second-order valence-corrected chi connectivity index (χ2v) is 4.87. The zero-order chi connectivity index (χ0) is 15.3. The molecule has 0 saturated carbocycles. The number of halogens is 1. The van der Waals surface area contributed by atoms with Crippen molar-refractivity contribution in [3.8, 4) is 5.75 Å². The first kappa shape index (κ1) is 16.4. The number of carbonyl (C=O) groups is 1. The highest BCUT2D eigenvalue weighted by Crippen LogP contribution is 2.37. The number of ether oxygens (including phenoxy) is 2. The first-order valence-electron chi connectivity index (χ1n) is 5.72. The normalized spacial score (nSPS) is 11.8. The number of nitrogens with zero attached hydrogens (tertiary/aromatic N) is 1. The fraction of sp³-hybridized carbons (Fsp3) is 0.417. The van der Waals surface area contributed by atoms with Gasteiger partial charge in [-0.3, -0.25) is 14.9 Å². The van der Waals surface area contributed by atoms with Gasteiger partial charge in [-0.05, 0) is 13.0 Å². The molecule has 1 rings (SSSR count). The number of carbonyl (C=O) groups excluding carboxylic acids is 1. The second kappa shape index (κ2) is 7.20. The summed E-state index contributed by atoms with van der Waals surface area (Å²) in [7, 11) is 1.24. The summed E-state index contributed by atoms with van der Waals surface area (Å²) in [5.41, 5.74) is -0.00363. The Morgan fingerprint density at radius 2 is 2.20 bits per heavy atom. The standard InChI is InChI=1S/C12H14BrNO6/c1-7(15)9-5-8(13)6-10(14(17)18)12(9)20-4-3-11(16)19-2/h5-7,15H,3-4H2,1-2H3. The molecule has 110 valence electrons. The molecule has 0 saturated heterocycles. The van der Waals surface area contributed by atoms with Crippen LogP contribution < -0.4 is 4.74 Å². The molecule has 1 aromatic carbocycles. The van der Waals surface area contributed by atoms with Crippen molar-refractivity contribution < 1.29 is 24.3 Å². The molecule has 0 aliphatic heterocycles. The molecule has 0 fully saturated rings. The van der Waals surface area contributed by atoms with Gasteiger partial charge in [-0.1, -0.05) is 15.9 Å². The van der Waals surface area contributed by atoms with Crippen molar-refractivity contribution in [1.82, 2.24) is 0 Å². The number of esters is 1. The van der Waals surface area contributed by atoms with Crippen LogP contribution in [0, 0.1) is 10.1 Å². The van der Waals surface area contributed by atoms with E-state index in [-0.39, 0.29) is 30.0 Å². The summed E-state index contributed by atoms with van der Waals surface area (Å²) in [6.45, 7) is 1.40. The highest BCUT2D eigenvalue weighted by molar-refractivity contribution is 9.10. The molecular weight excluding hydrogens is 334 g/mol. The van der Waals surface area contributed by atoms with Crippen molar-refractivity contribution >= 4 is 27.6 Å². The average molecular weight is 348 g/mol. The fourth-order valence-corrected chi connectivity index (χ4v) is 2.00. The van der Waals surface area contributed by atoms with Crippen LogP contribution in [0.1, 0.15) is 25.0 Å². The predicted molar refractivity (Wildman–Crippen MR) is 73.6 cm³/mol. The lowest BCUT2D eigenvalue weighted by Gasteiger charge is -2.14. The van der Waals surface area contributed by atoms with Crippen LogP contribution in [0.15, 0.2) is 16.6 Å². The third kappa shape index (κ3) is 4.17. The molecule has 8 heteroatoms. The Morgan fingerprint density at radius 3 is 2.70 bits per heavy atom. The Balaban J connectivity index is 3.07.